The molecule has 9 aliphatic carbocycles. The predicted molar refractivity (Wildman–Crippen MR) is 278 cm³/mol. The minimum atomic E-state index is 0.443. The molecule has 11 aliphatic rings. The first-order valence-electron chi connectivity index (χ1n) is 31.3. The van der Waals surface area contributed by atoms with Crippen LogP contribution in [0.15, 0.2) is 0 Å². The summed E-state index contributed by atoms with van der Waals surface area (Å²) >= 11 is 0. The molecule has 2 heterocycles. The summed E-state index contributed by atoms with van der Waals surface area (Å²) in [6.07, 6.45) is 59.2. The van der Waals surface area contributed by atoms with Crippen molar-refractivity contribution < 1.29 is 0 Å². The van der Waals surface area contributed by atoms with E-state index in [-0.39, 0.29) is 0 Å². The SMILES string of the molecule is CC1(C)C2CC(N(C3CCCCC3)C3CCCCC3)CCC2N(C2CCCCC2)C2CCC(N(C3CCCCC3)C3CCC(C4CCC(C5CNC(C6CCCCC6)NC5)CC4)CC3)CC21. The topological polar surface area (TPSA) is 33.8 Å². The van der Waals surface area contributed by atoms with Gasteiger partial charge in [-0.3, -0.25) is 14.7 Å². The highest BCUT2D eigenvalue weighted by Crippen LogP contribution is 2.59. The van der Waals surface area contributed by atoms with Crippen LogP contribution in [0.2, 0.25) is 0 Å². The molecule has 5 nitrogen and oxygen atoms in total. The Bertz CT molecular complexity index is 1430. The molecule has 6 unspecified atom stereocenters. The van der Waals surface area contributed by atoms with Crippen LogP contribution in [0, 0.1) is 46.8 Å². The summed E-state index contributed by atoms with van der Waals surface area (Å²) in [5, 5.41) is 8.07. The maximum absolute atomic E-state index is 4.04. The van der Waals surface area contributed by atoms with Crippen molar-refractivity contribution in [2.45, 2.75) is 325 Å². The van der Waals surface area contributed by atoms with Crippen molar-refractivity contribution in [2.75, 3.05) is 13.1 Å². The molecular formula is C61H107N5. The summed E-state index contributed by atoms with van der Waals surface area (Å²) in [4.78, 5) is 10.1. The fourth-order valence-electron chi connectivity index (χ4n) is 20.3. The second kappa shape index (κ2) is 22.3. The van der Waals surface area contributed by atoms with Gasteiger partial charge in [-0.15, -0.1) is 0 Å². The molecule has 5 heteroatoms. The van der Waals surface area contributed by atoms with Crippen molar-refractivity contribution in [1.82, 2.24) is 25.3 Å². The highest BCUT2D eigenvalue weighted by Gasteiger charge is 2.59. The van der Waals surface area contributed by atoms with Gasteiger partial charge in [0.2, 0.25) is 0 Å². The smallest absolute Gasteiger partial charge is 0.0600 e. The van der Waals surface area contributed by atoms with E-state index in [4.69, 9.17) is 0 Å². The van der Waals surface area contributed by atoms with E-state index in [1.807, 2.05) is 0 Å². The highest BCUT2D eigenvalue weighted by atomic mass is 15.3. The molecule has 2 saturated heterocycles. The standard InChI is InChI=1S/C61H107N5/c1-61(2)56-40-54(64(49-20-10-4-11-21-49)50-22-12-5-13-23-50)36-38-58(56)66(52-26-16-7-17-27-52)59-39-37-55(41-57(59)61)65(51-24-14-6-15-25-51)53-34-32-45(33-35-53)44-28-30-46(31-29-44)48-42-62-60(63-43-48)47-18-8-3-9-19-47/h44-60,62-63H,3-43H2,1-2H3. The summed E-state index contributed by atoms with van der Waals surface area (Å²) in [6, 6.07) is 7.79. The molecule has 0 aromatic heterocycles. The maximum atomic E-state index is 4.04. The molecule has 2 aliphatic heterocycles. The summed E-state index contributed by atoms with van der Waals surface area (Å²) < 4.78 is 0. The molecule has 376 valence electrons. The quantitative estimate of drug-likeness (QED) is 0.228. The molecule has 6 atom stereocenters. The van der Waals surface area contributed by atoms with Crippen LogP contribution in [0.3, 0.4) is 0 Å². The number of fused-ring (bicyclic) bond motifs is 2. The molecule has 0 spiro atoms. The Kier molecular flexibility index (Phi) is 16.2. The molecule has 11 fully saturated rings. The van der Waals surface area contributed by atoms with E-state index in [9.17, 15) is 0 Å². The average molecular weight is 911 g/mol. The van der Waals surface area contributed by atoms with Crippen molar-refractivity contribution in [3.63, 3.8) is 0 Å². The Balaban J connectivity index is 0.763. The third kappa shape index (κ3) is 10.4. The third-order valence-corrected chi connectivity index (χ3v) is 23.7. The lowest BCUT2D eigenvalue weighted by atomic mass is 9.52. The molecule has 0 aromatic rings. The highest BCUT2D eigenvalue weighted by molar-refractivity contribution is 5.12. The minimum absolute atomic E-state index is 0.443. The van der Waals surface area contributed by atoms with Gasteiger partial charge < -0.3 is 10.6 Å². The first kappa shape index (κ1) is 48.1. The van der Waals surface area contributed by atoms with Crippen LogP contribution in [0.4, 0.5) is 0 Å². The van der Waals surface area contributed by atoms with Crippen molar-refractivity contribution in [2.24, 2.45) is 46.8 Å². The van der Waals surface area contributed by atoms with Crippen LogP contribution >= 0.6 is 0 Å². The lowest BCUT2D eigenvalue weighted by Gasteiger charge is -2.66. The van der Waals surface area contributed by atoms with Crippen LogP contribution in [0.25, 0.3) is 0 Å². The van der Waals surface area contributed by atoms with Crippen LogP contribution < -0.4 is 10.6 Å². The number of rotatable bonds is 10. The fourth-order valence-corrected chi connectivity index (χ4v) is 20.3. The maximum Gasteiger partial charge on any atom is 0.0600 e. The third-order valence-electron chi connectivity index (χ3n) is 23.7. The first-order valence-corrected chi connectivity index (χ1v) is 31.3. The monoisotopic (exact) mass is 910 g/mol. The molecule has 0 amide bonds. The minimum Gasteiger partial charge on any atom is -0.301 e. The van der Waals surface area contributed by atoms with Gasteiger partial charge in [0.25, 0.3) is 0 Å². The lowest BCUT2D eigenvalue weighted by molar-refractivity contribution is -0.165. The molecule has 0 aromatic carbocycles. The van der Waals surface area contributed by atoms with Gasteiger partial charge >= 0.3 is 0 Å². The zero-order valence-electron chi connectivity index (χ0n) is 43.6. The number of hydrogen-bond donors (Lipinski definition) is 2. The summed E-state index contributed by atoms with van der Waals surface area (Å²) in [7, 11) is 0. The molecule has 0 radical (unpaired) electrons. The van der Waals surface area contributed by atoms with Gasteiger partial charge in [-0.2, -0.15) is 0 Å². The van der Waals surface area contributed by atoms with Gasteiger partial charge in [-0.05, 0) is 201 Å². The number of piperidine rings is 1. The van der Waals surface area contributed by atoms with Crippen LogP contribution in [0.5, 0.6) is 0 Å². The summed E-state index contributed by atoms with van der Waals surface area (Å²) in [6.45, 7) is 8.34. The first-order chi connectivity index (χ1) is 32.5. The Morgan fingerprint density at radius 2 is 0.682 bits per heavy atom. The van der Waals surface area contributed by atoms with Crippen molar-refractivity contribution >= 4 is 0 Å². The van der Waals surface area contributed by atoms with E-state index >= 15 is 0 Å². The summed E-state index contributed by atoms with van der Waals surface area (Å²) in [5.41, 5.74) is 0.443. The van der Waals surface area contributed by atoms with Crippen molar-refractivity contribution in [3.05, 3.63) is 0 Å². The van der Waals surface area contributed by atoms with Crippen molar-refractivity contribution in [1.29, 1.82) is 0 Å². The van der Waals surface area contributed by atoms with Gasteiger partial charge in [-0.25, -0.2) is 0 Å². The normalized spacial score (nSPS) is 42.5. The molecule has 2 N–H and O–H groups in total. The summed E-state index contributed by atoms with van der Waals surface area (Å²) in [5.74, 6) is 6.51. The van der Waals surface area contributed by atoms with Crippen molar-refractivity contribution in [3.8, 4) is 0 Å². The number of hydrogen-bond acceptors (Lipinski definition) is 5. The Labute approximate surface area is 408 Å². The van der Waals surface area contributed by atoms with E-state index in [0.29, 0.717) is 11.6 Å². The van der Waals surface area contributed by atoms with E-state index < -0.39 is 0 Å². The molecule has 66 heavy (non-hydrogen) atoms. The van der Waals surface area contributed by atoms with Crippen LogP contribution in [-0.4, -0.2) is 88.3 Å². The van der Waals surface area contributed by atoms with E-state index in [1.54, 1.807) is 12.8 Å². The van der Waals surface area contributed by atoms with E-state index in [0.717, 1.165) is 95.8 Å². The van der Waals surface area contributed by atoms with Gasteiger partial charge in [-0.1, -0.05) is 110 Å². The predicted octanol–water partition coefficient (Wildman–Crippen LogP) is 14.4. The van der Waals surface area contributed by atoms with Gasteiger partial charge in [0.1, 0.15) is 0 Å². The van der Waals surface area contributed by atoms with E-state index in [2.05, 4.69) is 39.2 Å². The molecule has 9 saturated carbocycles. The van der Waals surface area contributed by atoms with Gasteiger partial charge in [0, 0.05) is 67.5 Å². The van der Waals surface area contributed by atoms with Crippen LogP contribution in [0.1, 0.15) is 264 Å². The van der Waals surface area contributed by atoms with Gasteiger partial charge in [0.05, 0.1) is 6.17 Å². The van der Waals surface area contributed by atoms with Crippen LogP contribution in [-0.2, 0) is 0 Å². The number of nitrogens with zero attached hydrogens (tertiary/aromatic N) is 3. The Morgan fingerprint density at radius 1 is 0.333 bits per heavy atom. The largest absolute Gasteiger partial charge is 0.301 e. The Morgan fingerprint density at radius 3 is 1.12 bits per heavy atom. The second-order valence-corrected chi connectivity index (χ2v) is 27.3. The second-order valence-electron chi connectivity index (χ2n) is 27.3. The molecule has 0 bridgehead atoms. The zero-order chi connectivity index (χ0) is 44.5. The fraction of sp³-hybridized carbons (Fsp3) is 1.00. The zero-order valence-corrected chi connectivity index (χ0v) is 43.6. The lowest BCUT2D eigenvalue weighted by Crippen LogP contribution is -2.69. The number of likely N-dealkylation sites (tertiary alicyclic amines) is 1. The molecule has 11 rings (SSSR count). The Hall–Kier alpha value is -0.200. The average Bonchev–Trinajstić information content (AvgIpc) is 3.39. The van der Waals surface area contributed by atoms with Gasteiger partial charge in [0.15, 0.2) is 0 Å². The number of nitrogens with one attached hydrogen (secondary N) is 2. The van der Waals surface area contributed by atoms with E-state index in [1.165, 1.54) is 251 Å². The molecular weight excluding hydrogens is 803 g/mol.